The van der Waals surface area contributed by atoms with Gasteiger partial charge in [-0.25, -0.2) is 0 Å². The minimum atomic E-state index is 0.359. The third kappa shape index (κ3) is 1.14. The molecule has 4 heteroatoms. The maximum Gasteiger partial charge on any atom is 0.233 e. The molecule has 1 aliphatic heterocycles. The van der Waals surface area contributed by atoms with Crippen molar-refractivity contribution in [3.05, 3.63) is 12.3 Å². The van der Waals surface area contributed by atoms with Gasteiger partial charge in [-0.15, -0.1) is 10.2 Å². The average molecular weight is 153 g/mol. The molecule has 1 aromatic rings. The van der Waals surface area contributed by atoms with Crippen LogP contribution in [-0.4, -0.2) is 28.7 Å². The predicted octanol–water partition coefficient (Wildman–Crippen LogP) is 0.836. The fourth-order valence-corrected chi connectivity index (χ4v) is 1.55. The summed E-state index contributed by atoms with van der Waals surface area (Å²) in [5.41, 5.74) is 0. The van der Waals surface area contributed by atoms with Crippen LogP contribution in [0, 0.1) is 0 Å². The lowest BCUT2D eigenvalue weighted by atomic mass is 10.2. The van der Waals surface area contributed by atoms with Crippen molar-refractivity contribution in [2.24, 2.45) is 0 Å². The van der Waals surface area contributed by atoms with Gasteiger partial charge in [-0.05, 0) is 26.4 Å². The lowest BCUT2D eigenvalue weighted by Crippen LogP contribution is -2.17. The number of likely N-dealkylation sites (tertiary alicyclic amines) is 1. The third-order valence-electron chi connectivity index (χ3n) is 2.18. The summed E-state index contributed by atoms with van der Waals surface area (Å²) in [6, 6.07) is 0.359. The molecule has 0 aromatic carbocycles. The van der Waals surface area contributed by atoms with Gasteiger partial charge < -0.3 is 4.42 Å². The number of hydrogen-bond acceptors (Lipinski definition) is 4. The molecule has 1 aliphatic rings. The second kappa shape index (κ2) is 2.62. The quantitative estimate of drug-likeness (QED) is 0.599. The molecule has 1 saturated heterocycles. The fraction of sp³-hybridized carbons (Fsp3) is 0.714. The summed E-state index contributed by atoms with van der Waals surface area (Å²) in [7, 11) is 2.09. The molecule has 2 heterocycles. The molecule has 60 valence electrons. The number of hydrogen-bond donors (Lipinski definition) is 0. The first-order chi connectivity index (χ1) is 5.38. The lowest BCUT2D eigenvalue weighted by Gasteiger charge is -2.14. The maximum atomic E-state index is 5.12. The van der Waals surface area contributed by atoms with E-state index in [4.69, 9.17) is 4.42 Å². The smallest absolute Gasteiger partial charge is 0.233 e. The van der Waals surface area contributed by atoms with E-state index in [1.54, 1.807) is 0 Å². The molecule has 0 aliphatic carbocycles. The fourth-order valence-electron chi connectivity index (χ4n) is 1.55. The number of nitrogens with zero attached hydrogens (tertiary/aromatic N) is 3. The highest BCUT2D eigenvalue weighted by atomic mass is 16.4. The first-order valence-electron chi connectivity index (χ1n) is 3.84. The van der Waals surface area contributed by atoms with Gasteiger partial charge in [0.1, 0.15) is 0 Å². The second-order valence-electron chi connectivity index (χ2n) is 2.92. The number of rotatable bonds is 1. The van der Waals surface area contributed by atoms with Crippen LogP contribution >= 0.6 is 0 Å². The van der Waals surface area contributed by atoms with Crippen molar-refractivity contribution in [1.82, 2.24) is 15.1 Å². The van der Waals surface area contributed by atoms with Crippen molar-refractivity contribution in [2.75, 3.05) is 13.6 Å². The van der Waals surface area contributed by atoms with Gasteiger partial charge in [-0.2, -0.15) is 0 Å². The van der Waals surface area contributed by atoms with E-state index in [1.807, 2.05) is 0 Å². The summed E-state index contributed by atoms with van der Waals surface area (Å²) in [4.78, 5) is 2.24. The predicted molar refractivity (Wildman–Crippen MR) is 38.9 cm³/mol. The second-order valence-corrected chi connectivity index (χ2v) is 2.92. The van der Waals surface area contributed by atoms with E-state index < -0.39 is 0 Å². The summed E-state index contributed by atoms with van der Waals surface area (Å²) < 4.78 is 5.12. The van der Waals surface area contributed by atoms with Gasteiger partial charge in [0.15, 0.2) is 0 Å². The maximum absolute atomic E-state index is 5.12. The zero-order valence-corrected chi connectivity index (χ0v) is 6.53. The van der Waals surface area contributed by atoms with Gasteiger partial charge in [0.2, 0.25) is 12.3 Å². The van der Waals surface area contributed by atoms with Gasteiger partial charge in [-0.3, -0.25) is 4.90 Å². The van der Waals surface area contributed by atoms with Gasteiger partial charge >= 0.3 is 0 Å². The molecule has 11 heavy (non-hydrogen) atoms. The minimum absolute atomic E-state index is 0.359. The van der Waals surface area contributed by atoms with E-state index in [0.29, 0.717) is 6.04 Å². The average Bonchev–Trinajstić information content (AvgIpc) is 2.55. The Balaban J connectivity index is 2.16. The Hall–Kier alpha value is -0.900. The van der Waals surface area contributed by atoms with E-state index in [0.717, 1.165) is 18.9 Å². The summed E-state index contributed by atoms with van der Waals surface area (Å²) in [6.45, 7) is 1.13. The van der Waals surface area contributed by atoms with Crippen LogP contribution in [0.3, 0.4) is 0 Å². The lowest BCUT2D eigenvalue weighted by molar-refractivity contribution is 0.267. The van der Waals surface area contributed by atoms with Crippen LogP contribution in [0.15, 0.2) is 10.8 Å². The highest BCUT2D eigenvalue weighted by Gasteiger charge is 2.26. The molecule has 1 aromatic heterocycles. The SMILES string of the molecule is CN1CCCC1c1nnco1. The molecule has 0 radical (unpaired) electrons. The molecule has 2 rings (SSSR count). The summed E-state index contributed by atoms with van der Waals surface area (Å²) in [6.07, 6.45) is 3.75. The van der Waals surface area contributed by atoms with E-state index >= 15 is 0 Å². The van der Waals surface area contributed by atoms with Crippen molar-refractivity contribution < 1.29 is 4.42 Å². The molecular weight excluding hydrogens is 142 g/mol. The first-order valence-corrected chi connectivity index (χ1v) is 3.84. The Kier molecular flexibility index (Phi) is 1.62. The van der Waals surface area contributed by atoms with E-state index in [1.165, 1.54) is 12.8 Å². The van der Waals surface area contributed by atoms with Crippen LogP contribution in [0.25, 0.3) is 0 Å². The molecule has 1 unspecified atom stereocenters. The van der Waals surface area contributed by atoms with Gasteiger partial charge in [0.25, 0.3) is 0 Å². The van der Waals surface area contributed by atoms with Crippen LogP contribution in [0.5, 0.6) is 0 Å². The summed E-state index contributed by atoms with van der Waals surface area (Å²) >= 11 is 0. The van der Waals surface area contributed by atoms with Crippen molar-refractivity contribution in [3.8, 4) is 0 Å². The van der Waals surface area contributed by atoms with Crippen LogP contribution in [0.4, 0.5) is 0 Å². The molecular formula is C7H11N3O. The van der Waals surface area contributed by atoms with E-state index in [-0.39, 0.29) is 0 Å². The Morgan fingerprint density at radius 1 is 1.73 bits per heavy atom. The highest BCUT2D eigenvalue weighted by Crippen LogP contribution is 2.28. The van der Waals surface area contributed by atoms with Crippen molar-refractivity contribution in [2.45, 2.75) is 18.9 Å². The molecule has 0 bridgehead atoms. The molecule has 0 saturated carbocycles. The Labute approximate surface area is 65.2 Å². The van der Waals surface area contributed by atoms with Crippen molar-refractivity contribution >= 4 is 0 Å². The normalized spacial score (nSPS) is 26.1. The van der Waals surface area contributed by atoms with E-state index in [9.17, 15) is 0 Å². The summed E-state index contributed by atoms with van der Waals surface area (Å²) in [5, 5.41) is 7.55. The Morgan fingerprint density at radius 2 is 2.64 bits per heavy atom. The third-order valence-corrected chi connectivity index (χ3v) is 2.18. The Bertz CT molecular complexity index is 222. The summed E-state index contributed by atoms with van der Waals surface area (Å²) in [5.74, 6) is 0.755. The van der Waals surface area contributed by atoms with Crippen LogP contribution in [-0.2, 0) is 0 Å². The minimum Gasteiger partial charge on any atom is -0.426 e. The molecule has 1 atom stereocenters. The van der Waals surface area contributed by atoms with E-state index in [2.05, 4.69) is 22.1 Å². The molecule has 0 N–H and O–H groups in total. The molecule has 0 spiro atoms. The van der Waals surface area contributed by atoms with Crippen molar-refractivity contribution in [3.63, 3.8) is 0 Å². The first kappa shape index (κ1) is 6.79. The molecule has 0 amide bonds. The van der Waals surface area contributed by atoms with Crippen LogP contribution < -0.4 is 0 Å². The van der Waals surface area contributed by atoms with Gasteiger partial charge in [0.05, 0.1) is 6.04 Å². The standard InChI is InChI=1S/C7H11N3O/c1-10-4-2-3-6(10)7-9-8-5-11-7/h5-6H,2-4H2,1H3. The Morgan fingerprint density at radius 3 is 3.18 bits per heavy atom. The monoisotopic (exact) mass is 153 g/mol. The molecule has 1 fully saturated rings. The van der Waals surface area contributed by atoms with Gasteiger partial charge in [-0.1, -0.05) is 0 Å². The van der Waals surface area contributed by atoms with Crippen LogP contribution in [0.2, 0.25) is 0 Å². The highest BCUT2D eigenvalue weighted by molar-refractivity contribution is 4.90. The number of aromatic nitrogens is 2. The van der Waals surface area contributed by atoms with Crippen LogP contribution in [0.1, 0.15) is 24.8 Å². The molecule has 4 nitrogen and oxygen atoms in total. The largest absolute Gasteiger partial charge is 0.426 e. The zero-order valence-electron chi connectivity index (χ0n) is 6.53. The zero-order chi connectivity index (χ0) is 7.68. The van der Waals surface area contributed by atoms with Gasteiger partial charge in [0, 0.05) is 0 Å². The topological polar surface area (TPSA) is 42.2 Å². The van der Waals surface area contributed by atoms with Crippen molar-refractivity contribution in [1.29, 1.82) is 0 Å².